The van der Waals surface area contributed by atoms with Crippen molar-refractivity contribution in [3.8, 4) is 0 Å². The lowest BCUT2D eigenvalue weighted by Crippen LogP contribution is -2.49. The highest BCUT2D eigenvalue weighted by atomic mass is 28.4. The summed E-state index contributed by atoms with van der Waals surface area (Å²) in [5, 5.41) is 0. The monoisotopic (exact) mass is 292 g/mol. The first-order chi connectivity index (χ1) is 9.24. The van der Waals surface area contributed by atoms with Crippen molar-refractivity contribution in [2.24, 2.45) is 0 Å². The molecular formula is C14H32O4Si. The molecule has 0 saturated heterocycles. The first kappa shape index (κ1) is 19.1. The molecule has 0 bridgehead atoms. The van der Waals surface area contributed by atoms with E-state index >= 15 is 0 Å². The van der Waals surface area contributed by atoms with Gasteiger partial charge in [-0.15, -0.1) is 0 Å². The highest BCUT2D eigenvalue weighted by Gasteiger charge is 2.44. The minimum Gasteiger partial charge on any atom is -0.351 e. The first-order valence-corrected chi connectivity index (χ1v) is 9.43. The van der Waals surface area contributed by atoms with Crippen LogP contribution in [0, 0.1) is 0 Å². The molecule has 0 aliphatic rings. The van der Waals surface area contributed by atoms with Crippen molar-refractivity contribution in [3.05, 3.63) is 0 Å². The van der Waals surface area contributed by atoms with Crippen LogP contribution < -0.4 is 0 Å². The first-order valence-electron chi connectivity index (χ1n) is 7.80. The maximum atomic E-state index is 5.87. The summed E-state index contributed by atoms with van der Waals surface area (Å²) in [6, 6.07) is 0. The predicted molar refractivity (Wildman–Crippen MR) is 80.0 cm³/mol. The summed E-state index contributed by atoms with van der Waals surface area (Å²) in [5.74, 6) is 0. The second-order valence-electron chi connectivity index (χ2n) is 4.48. The van der Waals surface area contributed by atoms with Crippen molar-refractivity contribution in [1.29, 1.82) is 0 Å². The number of hydrogen-bond acceptors (Lipinski definition) is 4. The van der Waals surface area contributed by atoms with E-state index in [4.69, 9.17) is 17.7 Å². The third-order valence-corrected chi connectivity index (χ3v) is 5.10. The van der Waals surface area contributed by atoms with Gasteiger partial charge in [-0.05, 0) is 26.7 Å². The fraction of sp³-hybridized carbons (Fsp3) is 1.00. The Kier molecular flexibility index (Phi) is 13.1. The zero-order chi connectivity index (χ0) is 14.4. The van der Waals surface area contributed by atoms with Crippen LogP contribution >= 0.6 is 0 Å². The van der Waals surface area contributed by atoms with Crippen LogP contribution in [-0.4, -0.2) is 35.5 Å². The average Bonchev–Trinajstić information content (AvgIpc) is 2.41. The van der Waals surface area contributed by atoms with Crippen LogP contribution in [0.3, 0.4) is 0 Å². The van der Waals surface area contributed by atoms with Gasteiger partial charge in [0.05, 0.1) is 0 Å². The van der Waals surface area contributed by atoms with Gasteiger partial charge < -0.3 is 17.7 Å². The Balaban J connectivity index is 4.22. The van der Waals surface area contributed by atoms with Gasteiger partial charge in [-0.3, -0.25) is 0 Å². The van der Waals surface area contributed by atoms with Gasteiger partial charge in [0.25, 0.3) is 0 Å². The molecule has 19 heavy (non-hydrogen) atoms. The van der Waals surface area contributed by atoms with Crippen LogP contribution in [0.1, 0.15) is 66.2 Å². The number of unbranched alkanes of at least 4 members (excludes halogenated alkanes) is 4. The average molecular weight is 292 g/mol. The fourth-order valence-corrected chi connectivity index (χ4v) is 3.70. The summed E-state index contributed by atoms with van der Waals surface area (Å²) in [6.45, 7) is 10.7. The molecule has 0 saturated carbocycles. The van der Waals surface area contributed by atoms with Gasteiger partial charge in [-0.1, -0.05) is 39.5 Å². The zero-order valence-corrected chi connectivity index (χ0v) is 14.2. The van der Waals surface area contributed by atoms with Crippen LogP contribution in [0.5, 0.6) is 0 Å². The van der Waals surface area contributed by atoms with Gasteiger partial charge >= 0.3 is 9.05 Å². The summed E-state index contributed by atoms with van der Waals surface area (Å²) in [4.78, 5) is 0. The zero-order valence-electron chi connectivity index (χ0n) is 13.2. The maximum absolute atomic E-state index is 5.87. The molecule has 0 fully saturated rings. The van der Waals surface area contributed by atoms with Gasteiger partial charge in [0.15, 0.2) is 0 Å². The molecule has 5 heteroatoms. The lowest BCUT2D eigenvalue weighted by Gasteiger charge is -2.27. The summed E-state index contributed by atoms with van der Waals surface area (Å²) in [6.07, 6.45) is 6.75. The van der Waals surface area contributed by atoms with Gasteiger partial charge in [-0.25, -0.2) is 0 Å². The van der Waals surface area contributed by atoms with E-state index in [1.54, 1.807) is 0 Å². The summed E-state index contributed by atoms with van der Waals surface area (Å²) >= 11 is 0. The molecule has 0 N–H and O–H groups in total. The molecule has 0 aliphatic carbocycles. The Labute approximate surface area is 120 Å². The van der Waals surface area contributed by atoms with E-state index in [1.165, 1.54) is 25.7 Å². The Morgan fingerprint density at radius 3 is 1.32 bits per heavy atom. The molecule has 0 unspecified atom stereocenters. The second kappa shape index (κ2) is 13.1. The Hall–Kier alpha value is 0.0569. The van der Waals surface area contributed by atoms with Crippen LogP contribution in [0.2, 0.25) is 0 Å². The SMILES string of the molecule is CCCCCO[Si](OCC)(OCC)OCCCCC. The molecule has 0 aromatic heterocycles. The van der Waals surface area contributed by atoms with Crippen LogP contribution in [-0.2, 0) is 17.7 Å². The molecule has 0 aromatic rings. The molecule has 116 valence electrons. The fourth-order valence-electron chi connectivity index (χ4n) is 1.70. The van der Waals surface area contributed by atoms with Crippen molar-refractivity contribution in [2.45, 2.75) is 66.2 Å². The normalized spacial score (nSPS) is 12.0. The van der Waals surface area contributed by atoms with Crippen molar-refractivity contribution in [3.63, 3.8) is 0 Å². The minimum absolute atomic E-state index is 0.563. The summed E-state index contributed by atoms with van der Waals surface area (Å²) in [7, 11) is -2.90. The molecule has 0 rings (SSSR count). The van der Waals surface area contributed by atoms with Gasteiger partial charge in [0.2, 0.25) is 0 Å². The maximum Gasteiger partial charge on any atom is 0.679 e. The summed E-state index contributed by atoms with van der Waals surface area (Å²) < 4.78 is 23.1. The van der Waals surface area contributed by atoms with Crippen molar-refractivity contribution in [1.82, 2.24) is 0 Å². The predicted octanol–water partition coefficient (Wildman–Crippen LogP) is 3.91. The van der Waals surface area contributed by atoms with Gasteiger partial charge in [-0.2, -0.15) is 0 Å². The van der Waals surface area contributed by atoms with Crippen molar-refractivity contribution in [2.75, 3.05) is 26.4 Å². The van der Waals surface area contributed by atoms with Crippen LogP contribution in [0.15, 0.2) is 0 Å². The molecule has 0 heterocycles. The van der Waals surface area contributed by atoms with Crippen molar-refractivity contribution < 1.29 is 17.7 Å². The highest BCUT2D eigenvalue weighted by molar-refractivity contribution is 6.53. The third-order valence-electron chi connectivity index (χ3n) is 2.70. The van der Waals surface area contributed by atoms with Gasteiger partial charge in [0, 0.05) is 26.4 Å². The molecule has 0 radical (unpaired) electrons. The van der Waals surface area contributed by atoms with E-state index < -0.39 is 9.05 Å². The van der Waals surface area contributed by atoms with Crippen LogP contribution in [0.4, 0.5) is 0 Å². The van der Waals surface area contributed by atoms with Gasteiger partial charge in [0.1, 0.15) is 0 Å². The Bertz CT molecular complexity index is 170. The van der Waals surface area contributed by atoms with E-state index in [2.05, 4.69) is 13.8 Å². The number of rotatable bonds is 14. The lowest BCUT2D eigenvalue weighted by atomic mass is 10.3. The third kappa shape index (κ3) is 9.57. The van der Waals surface area contributed by atoms with E-state index in [9.17, 15) is 0 Å². The topological polar surface area (TPSA) is 36.9 Å². The second-order valence-corrected chi connectivity index (χ2v) is 6.63. The largest absolute Gasteiger partial charge is 0.679 e. The van der Waals surface area contributed by atoms with Crippen LogP contribution in [0.25, 0.3) is 0 Å². The highest BCUT2D eigenvalue weighted by Crippen LogP contribution is 2.14. The smallest absolute Gasteiger partial charge is 0.351 e. The molecule has 0 atom stereocenters. The lowest BCUT2D eigenvalue weighted by molar-refractivity contribution is -0.0312. The summed E-state index contributed by atoms with van der Waals surface area (Å²) in [5.41, 5.74) is 0. The molecule has 0 spiro atoms. The Morgan fingerprint density at radius 1 is 0.579 bits per heavy atom. The van der Waals surface area contributed by atoms with Crippen molar-refractivity contribution >= 4 is 9.05 Å². The molecular weight excluding hydrogens is 260 g/mol. The minimum atomic E-state index is -2.90. The van der Waals surface area contributed by atoms with E-state index in [-0.39, 0.29) is 0 Å². The molecule has 0 aromatic carbocycles. The molecule has 4 nitrogen and oxygen atoms in total. The Morgan fingerprint density at radius 2 is 1.00 bits per heavy atom. The number of hydrogen-bond donors (Lipinski definition) is 0. The molecule has 0 aliphatic heterocycles. The van der Waals surface area contributed by atoms with E-state index in [0.29, 0.717) is 26.4 Å². The van der Waals surface area contributed by atoms with E-state index in [0.717, 1.165) is 12.8 Å². The molecule has 0 amide bonds. The quantitative estimate of drug-likeness (QED) is 0.359. The standard InChI is InChI=1S/C14H32O4Si/c1-5-9-11-13-17-19(15-7-3,16-8-4)18-14-12-10-6-2/h5-14H2,1-4H3. The van der Waals surface area contributed by atoms with E-state index in [1.807, 2.05) is 13.8 Å².